The fourth-order valence-corrected chi connectivity index (χ4v) is 7.64. The molecule has 1 aliphatic carbocycles. The number of carbonyl (C=O) groups excluding carboxylic acids is 5. The summed E-state index contributed by atoms with van der Waals surface area (Å²) < 4.78 is 0. The van der Waals surface area contributed by atoms with Crippen molar-refractivity contribution in [1.82, 2.24) is 10.2 Å². The minimum absolute atomic E-state index is 0.0260. The van der Waals surface area contributed by atoms with Crippen LogP contribution >= 0.6 is 11.6 Å². The van der Waals surface area contributed by atoms with Gasteiger partial charge in [0.1, 0.15) is 6.04 Å². The third-order valence-corrected chi connectivity index (χ3v) is 10.2. The quantitative estimate of drug-likeness (QED) is 0.214. The number of hydrogen-bond donors (Lipinski definition) is 1. The predicted octanol–water partition coefficient (Wildman–Crippen LogP) is 6.87. The Morgan fingerprint density at radius 1 is 1.08 bits per heavy atom. The maximum atomic E-state index is 14.6. The van der Waals surface area contributed by atoms with Gasteiger partial charge in [0.05, 0.1) is 18.3 Å². The average molecular weight is 684 g/mol. The number of nitrogens with one attached hydrogen (secondary N) is 1. The number of benzene rings is 1. The average Bonchev–Trinajstić information content (AvgIpc) is 3.62. The maximum absolute atomic E-state index is 14.6. The number of rotatable bonds is 14. The van der Waals surface area contributed by atoms with E-state index in [0.29, 0.717) is 42.3 Å². The lowest BCUT2D eigenvalue weighted by Crippen LogP contribution is -2.57. The molecule has 4 atom stereocenters. The smallest absolute Gasteiger partial charge is 0.246 e. The van der Waals surface area contributed by atoms with E-state index in [2.05, 4.69) is 10.5 Å². The highest BCUT2D eigenvalue weighted by Gasteiger charge is 2.55. The molecular formula is C38H54ClN3O6. The Morgan fingerprint density at radius 2 is 1.79 bits per heavy atom. The molecule has 4 rings (SSSR count). The van der Waals surface area contributed by atoms with Gasteiger partial charge < -0.3 is 15.1 Å². The molecule has 0 bridgehead atoms. The van der Waals surface area contributed by atoms with Gasteiger partial charge in [0, 0.05) is 48.6 Å². The minimum Gasteiger partial charge on any atom is -0.387 e. The van der Waals surface area contributed by atoms with E-state index >= 15 is 0 Å². The number of likely N-dealkylation sites (tertiary alicyclic amines) is 1. The molecule has 1 aromatic carbocycles. The molecule has 1 spiro atoms. The van der Waals surface area contributed by atoms with Gasteiger partial charge in [0.25, 0.3) is 0 Å². The molecule has 264 valence electrons. The predicted molar refractivity (Wildman–Crippen MR) is 187 cm³/mol. The van der Waals surface area contributed by atoms with Crippen molar-refractivity contribution in [3.63, 3.8) is 0 Å². The van der Waals surface area contributed by atoms with Gasteiger partial charge in [-0.15, -0.1) is 0 Å². The van der Waals surface area contributed by atoms with Crippen LogP contribution in [0.25, 0.3) is 0 Å². The number of amides is 2. The summed E-state index contributed by atoms with van der Waals surface area (Å²) in [7, 11) is 0. The van der Waals surface area contributed by atoms with Crippen LogP contribution in [-0.2, 0) is 28.8 Å². The summed E-state index contributed by atoms with van der Waals surface area (Å²) in [6.07, 6.45) is 7.39. The molecule has 1 saturated heterocycles. The zero-order valence-corrected chi connectivity index (χ0v) is 30.4. The maximum Gasteiger partial charge on any atom is 0.246 e. The van der Waals surface area contributed by atoms with Crippen molar-refractivity contribution < 1.29 is 28.8 Å². The van der Waals surface area contributed by atoms with E-state index in [4.69, 9.17) is 16.4 Å². The van der Waals surface area contributed by atoms with E-state index in [1.807, 2.05) is 53.7 Å². The zero-order valence-electron chi connectivity index (χ0n) is 29.6. The number of Topliss-reactive ketones (excluding diaryl/α,β-unsaturated/α-hetero) is 3. The molecule has 2 amide bonds. The summed E-state index contributed by atoms with van der Waals surface area (Å²) >= 11 is 6.25. The molecule has 1 saturated carbocycles. The highest BCUT2D eigenvalue weighted by atomic mass is 35.5. The topological polar surface area (TPSA) is 122 Å². The number of oxime groups is 1. The first-order valence-electron chi connectivity index (χ1n) is 17.8. The van der Waals surface area contributed by atoms with Gasteiger partial charge in [-0.05, 0) is 48.6 Å². The summed E-state index contributed by atoms with van der Waals surface area (Å²) in [6, 6.07) is 5.51. The SMILES string of the molecule is CCC[C@H](CC(=O)[C@@H]1C[C@]2(CC(c3cccc(Cl)c3)=NO2)CN1C(=O)[C@@H](NC(=O)CC1CCCCC1)C(C)(C)C)C(=O)C(=O)CC(C)C. The van der Waals surface area contributed by atoms with Gasteiger partial charge in [-0.3, -0.25) is 24.0 Å². The Labute approximate surface area is 290 Å². The van der Waals surface area contributed by atoms with Crippen LogP contribution in [-0.4, -0.2) is 64.0 Å². The second-order valence-corrected chi connectivity index (χ2v) is 16.2. The van der Waals surface area contributed by atoms with Crippen molar-refractivity contribution in [2.75, 3.05) is 6.54 Å². The Kier molecular flexibility index (Phi) is 12.7. The third kappa shape index (κ3) is 9.54. The Morgan fingerprint density at radius 3 is 2.42 bits per heavy atom. The fourth-order valence-electron chi connectivity index (χ4n) is 7.45. The molecule has 1 N–H and O–H groups in total. The Bertz CT molecular complexity index is 1390. The van der Waals surface area contributed by atoms with E-state index in [1.165, 1.54) is 6.42 Å². The second kappa shape index (κ2) is 16.1. The van der Waals surface area contributed by atoms with Gasteiger partial charge in [0.15, 0.2) is 17.2 Å². The van der Waals surface area contributed by atoms with Crippen molar-refractivity contribution in [3.8, 4) is 0 Å². The Balaban J connectivity index is 1.60. The van der Waals surface area contributed by atoms with Crippen LogP contribution in [0.4, 0.5) is 0 Å². The van der Waals surface area contributed by atoms with Gasteiger partial charge in [-0.1, -0.05) is 96.1 Å². The summed E-state index contributed by atoms with van der Waals surface area (Å²) in [5.74, 6) is -2.20. The lowest BCUT2D eigenvalue weighted by Gasteiger charge is -2.36. The van der Waals surface area contributed by atoms with E-state index in [-0.39, 0.29) is 49.3 Å². The normalized spacial score (nSPS) is 22.7. The molecule has 2 fully saturated rings. The fraction of sp³-hybridized carbons (Fsp3) is 0.684. The zero-order chi connectivity index (χ0) is 35.2. The van der Waals surface area contributed by atoms with Crippen LogP contribution < -0.4 is 5.32 Å². The van der Waals surface area contributed by atoms with Crippen LogP contribution in [0.1, 0.15) is 124 Å². The van der Waals surface area contributed by atoms with E-state index in [0.717, 1.165) is 31.2 Å². The van der Waals surface area contributed by atoms with Crippen molar-refractivity contribution in [1.29, 1.82) is 0 Å². The summed E-state index contributed by atoms with van der Waals surface area (Å²) in [4.78, 5) is 75.8. The van der Waals surface area contributed by atoms with Gasteiger partial charge >= 0.3 is 0 Å². The van der Waals surface area contributed by atoms with Gasteiger partial charge in [0.2, 0.25) is 17.6 Å². The molecule has 9 nitrogen and oxygen atoms in total. The lowest BCUT2D eigenvalue weighted by molar-refractivity contribution is -0.145. The first-order chi connectivity index (χ1) is 22.6. The van der Waals surface area contributed by atoms with E-state index in [9.17, 15) is 24.0 Å². The lowest BCUT2D eigenvalue weighted by atomic mass is 9.83. The van der Waals surface area contributed by atoms with Crippen LogP contribution in [0.5, 0.6) is 0 Å². The first-order valence-corrected chi connectivity index (χ1v) is 18.2. The van der Waals surface area contributed by atoms with Crippen molar-refractivity contribution in [3.05, 3.63) is 34.9 Å². The molecule has 0 radical (unpaired) electrons. The van der Waals surface area contributed by atoms with Crippen LogP contribution in [0.2, 0.25) is 5.02 Å². The number of nitrogens with zero attached hydrogens (tertiary/aromatic N) is 2. The molecule has 0 aromatic heterocycles. The van der Waals surface area contributed by atoms with Crippen molar-refractivity contribution >= 4 is 46.5 Å². The van der Waals surface area contributed by atoms with Crippen LogP contribution in [0.15, 0.2) is 29.4 Å². The first kappa shape index (κ1) is 37.7. The van der Waals surface area contributed by atoms with Crippen LogP contribution in [0, 0.1) is 23.2 Å². The highest BCUT2D eigenvalue weighted by Crippen LogP contribution is 2.41. The van der Waals surface area contributed by atoms with E-state index in [1.54, 1.807) is 17.0 Å². The number of ketones is 3. The molecule has 48 heavy (non-hydrogen) atoms. The van der Waals surface area contributed by atoms with Crippen LogP contribution in [0.3, 0.4) is 0 Å². The molecule has 2 aliphatic heterocycles. The third-order valence-electron chi connectivity index (χ3n) is 9.99. The molecule has 2 heterocycles. The molecular weight excluding hydrogens is 630 g/mol. The monoisotopic (exact) mass is 683 g/mol. The molecule has 0 unspecified atom stereocenters. The summed E-state index contributed by atoms with van der Waals surface area (Å²) in [5.41, 5.74) is -0.137. The van der Waals surface area contributed by atoms with Gasteiger partial charge in [-0.25, -0.2) is 0 Å². The number of halogens is 1. The minimum atomic E-state index is -0.958. The standard InChI is InChI=1S/C38H54ClN3O6/c1-7-12-27(34(46)32(44)17-24(2)3)20-31(43)30-22-38(21-29(41-48-38)26-15-11-16-28(39)19-26)23-42(30)36(47)35(37(4,5)6)40-33(45)18-25-13-9-8-10-14-25/h11,15-16,19,24-25,27,30,35H,7-10,12-14,17-18,20-23H2,1-6H3,(H,40,45)/t27-,30+,35-,38-/m1/s1. The molecule has 10 heteroatoms. The number of hydrogen-bond acceptors (Lipinski definition) is 7. The second-order valence-electron chi connectivity index (χ2n) is 15.8. The van der Waals surface area contributed by atoms with Crippen molar-refractivity contribution in [2.24, 2.45) is 28.3 Å². The van der Waals surface area contributed by atoms with E-state index < -0.39 is 40.6 Å². The largest absolute Gasteiger partial charge is 0.387 e. The molecule has 1 aromatic rings. The van der Waals surface area contributed by atoms with Crippen molar-refractivity contribution in [2.45, 2.75) is 136 Å². The number of carbonyl (C=O) groups is 5. The summed E-state index contributed by atoms with van der Waals surface area (Å²) in [6.45, 7) is 11.5. The highest BCUT2D eigenvalue weighted by molar-refractivity contribution is 6.38. The summed E-state index contributed by atoms with van der Waals surface area (Å²) in [5, 5.41) is 7.99. The Hall–Kier alpha value is -3.07. The molecule has 3 aliphatic rings. The van der Waals surface area contributed by atoms with Gasteiger partial charge in [-0.2, -0.15) is 0 Å².